The summed E-state index contributed by atoms with van der Waals surface area (Å²) in [6.45, 7) is 0. The standard InChI is InChI=1S/C14H14O2P2S4/c1-15-11-3-7-13(8-4-11)17-21-18(19,22(17)20)14-9-5-12(16-2)6-10-14/h3-10H,1-2H3. The van der Waals surface area contributed by atoms with E-state index in [4.69, 9.17) is 32.5 Å². The molecule has 1 heterocycles. The minimum atomic E-state index is -1.67. The topological polar surface area (TPSA) is 18.5 Å². The van der Waals surface area contributed by atoms with Gasteiger partial charge in [0.15, 0.2) is 0 Å². The van der Waals surface area contributed by atoms with Crippen LogP contribution in [0.15, 0.2) is 48.5 Å². The van der Waals surface area contributed by atoms with E-state index in [0.29, 0.717) is 0 Å². The Morgan fingerprint density at radius 1 is 0.955 bits per heavy atom. The summed E-state index contributed by atoms with van der Waals surface area (Å²) in [6.07, 6.45) is -0.377. The predicted molar refractivity (Wildman–Crippen MR) is 109 cm³/mol. The summed E-state index contributed by atoms with van der Waals surface area (Å²) in [5.41, 5.74) is 0. The first-order chi connectivity index (χ1) is 10.6. The second kappa shape index (κ2) is 6.88. The van der Waals surface area contributed by atoms with E-state index in [0.717, 1.165) is 11.5 Å². The van der Waals surface area contributed by atoms with Crippen molar-refractivity contribution in [2.75, 3.05) is 14.2 Å². The fraction of sp³-hybridized carbons (Fsp3) is 0.143. The highest BCUT2D eigenvalue weighted by Crippen LogP contribution is 2.91. The lowest BCUT2D eigenvalue weighted by atomic mass is 10.3. The van der Waals surface area contributed by atoms with Gasteiger partial charge in [0.2, 0.25) is 0 Å². The highest BCUT2D eigenvalue weighted by Gasteiger charge is 2.44. The zero-order valence-corrected chi connectivity index (χ0v) is 17.0. The largest absolute Gasteiger partial charge is 0.497 e. The Hall–Kier alpha value is 0.0400. The molecule has 2 aromatic rings. The molecule has 3 unspecified atom stereocenters. The molecule has 0 bridgehead atoms. The molecule has 0 aliphatic carbocycles. The molecule has 0 amide bonds. The Kier molecular flexibility index (Phi) is 5.28. The average Bonchev–Trinajstić information content (AvgIpc) is 2.59. The average molecular weight is 404 g/mol. The second-order valence-corrected chi connectivity index (χ2v) is 25.0. The van der Waals surface area contributed by atoms with Gasteiger partial charge in [0, 0.05) is 5.30 Å². The minimum absolute atomic E-state index is 0.147. The Morgan fingerprint density at radius 2 is 1.45 bits per heavy atom. The molecule has 8 heteroatoms. The highest BCUT2D eigenvalue weighted by atomic mass is 33.8. The van der Waals surface area contributed by atoms with Crippen LogP contribution in [0.3, 0.4) is 0 Å². The summed E-state index contributed by atoms with van der Waals surface area (Å²) in [6, 6.07) is 16.4. The SMILES string of the molecule is COc1ccc(P2SP(=S)(c3ccc(OC)cc3)S2=S)cc1. The molecule has 3 rings (SSSR count). The lowest BCUT2D eigenvalue weighted by Gasteiger charge is -2.40. The van der Waals surface area contributed by atoms with E-state index in [1.54, 1.807) is 14.2 Å². The van der Waals surface area contributed by atoms with Crippen molar-refractivity contribution in [3.8, 4) is 11.5 Å². The first-order valence-corrected chi connectivity index (χ1v) is 15.9. The third-order valence-corrected chi connectivity index (χ3v) is 37.5. The fourth-order valence-electron chi connectivity index (χ4n) is 1.97. The van der Waals surface area contributed by atoms with Gasteiger partial charge in [-0.2, -0.15) is 0 Å². The molecule has 1 fully saturated rings. The molecule has 2 nitrogen and oxygen atoms in total. The highest BCUT2D eigenvalue weighted by molar-refractivity contribution is 9.43. The molecule has 1 aliphatic heterocycles. The molecule has 116 valence electrons. The van der Waals surface area contributed by atoms with Gasteiger partial charge in [0.25, 0.3) is 0 Å². The maximum atomic E-state index is 5.96. The van der Waals surface area contributed by atoms with Gasteiger partial charge in [-0.05, 0) is 73.7 Å². The van der Waals surface area contributed by atoms with Crippen molar-refractivity contribution < 1.29 is 9.47 Å². The number of hydrogen-bond donors (Lipinski definition) is 0. The van der Waals surface area contributed by atoms with Gasteiger partial charge in [-0.1, -0.05) is 22.8 Å². The third-order valence-electron chi connectivity index (χ3n) is 3.20. The Balaban J connectivity index is 1.81. The Morgan fingerprint density at radius 3 is 1.91 bits per heavy atom. The van der Waals surface area contributed by atoms with E-state index in [1.165, 1.54) is 10.6 Å². The van der Waals surface area contributed by atoms with Crippen LogP contribution in [0, 0.1) is 0 Å². The normalized spacial score (nSPS) is 27.0. The van der Waals surface area contributed by atoms with Crippen molar-refractivity contribution in [3.05, 3.63) is 48.5 Å². The number of methoxy groups -OCH3 is 2. The first kappa shape index (κ1) is 16.9. The van der Waals surface area contributed by atoms with Crippen LogP contribution in [-0.2, 0) is 31.7 Å². The van der Waals surface area contributed by atoms with Crippen molar-refractivity contribution in [3.63, 3.8) is 0 Å². The van der Waals surface area contributed by atoms with Crippen LogP contribution >= 0.6 is 21.8 Å². The molecule has 0 saturated carbocycles. The molecular weight excluding hydrogens is 390 g/mol. The van der Waals surface area contributed by atoms with Crippen molar-refractivity contribution in [2.24, 2.45) is 0 Å². The number of ether oxygens (including phenoxy) is 2. The van der Waals surface area contributed by atoms with Crippen molar-refractivity contribution in [1.82, 2.24) is 0 Å². The molecule has 1 saturated heterocycles. The van der Waals surface area contributed by atoms with Crippen LogP contribution in [0.25, 0.3) is 0 Å². The minimum Gasteiger partial charge on any atom is -0.497 e. The van der Waals surface area contributed by atoms with E-state index in [9.17, 15) is 0 Å². The summed E-state index contributed by atoms with van der Waals surface area (Å²) >= 11 is 13.7. The molecule has 3 atom stereocenters. The van der Waals surface area contributed by atoms with Crippen molar-refractivity contribution in [2.45, 2.75) is 0 Å². The number of benzene rings is 2. The summed E-state index contributed by atoms with van der Waals surface area (Å²) in [5, 5.41) is 2.53. The maximum absolute atomic E-state index is 5.96. The monoisotopic (exact) mass is 404 g/mol. The van der Waals surface area contributed by atoms with Gasteiger partial charge in [0.1, 0.15) is 11.5 Å². The zero-order chi connectivity index (χ0) is 15.7. The number of hydrogen-bond acceptors (Lipinski definition) is 5. The quantitative estimate of drug-likeness (QED) is 0.712. The summed E-state index contributed by atoms with van der Waals surface area (Å²) < 4.78 is 8.75. The van der Waals surface area contributed by atoms with E-state index in [-0.39, 0.29) is 15.0 Å². The molecule has 1 aliphatic rings. The summed E-state index contributed by atoms with van der Waals surface area (Å²) in [7, 11) is 3.21. The smallest absolute Gasteiger partial charge is 0.118 e. The maximum Gasteiger partial charge on any atom is 0.118 e. The fourth-order valence-corrected chi connectivity index (χ4v) is 36.7. The number of rotatable bonds is 4. The summed E-state index contributed by atoms with van der Waals surface area (Å²) in [4.78, 5) is 0. The van der Waals surface area contributed by atoms with Crippen LogP contribution in [0.4, 0.5) is 0 Å². The van der Waals surface area contributed by atoms with Crippen molar-refractivity contribution >= 4 is 64.1 Å². The lowest BCUT2D eigenvalue weighted by Crippen LogP contribution is -2.14. The van der Waals surface area contributed by atoms with Gasteiger partial charge in [-0.25, -0.2) is 0 Å². The van der Waals surface area contributed by atoms with Crippen LogP contribution < -0.4 is 20.1 Å². The molecule has 22 heavy (non-hydrogen) atoms. The molecule has 0 radical (unpaired) electrons. The van der Waals surface area contributed by atoms with Crippen LogP contribution in [0.2, 0.25) is 0 Å². The molecule has 2 aromatic carbocycles. The van der Waals surface area contributed by atoms with Crippen LogP contribution in [-0.4, -0.2) is 14.2 Å². The first-order valence-electron chi connectivity index (χ1n) is 6.39. The van der Waals surface area contributed by atoms with Gasteiger partial charge in [0.05, 0.1) is 25.0 Å². The zero-order valence-electron chi connectivity index (χ0n) is 12.0. The van der Waals surface area contributed by atoms with E-state index >= 15 is 0 Å². The van der Waals surface area contributed by atoms with E-state index in [1.807, 2.05) is 35.3 Å². The summed E-state index contributed by atoms with van der Waals surface area (Å²) in [5.74, 6) is 1.74. The Labute approximate surface area is 147 Å². The Bertz CT molecular complexity index is 746. The van der Waals surface area contributed by atoms with Gasteiger partial charge in [-0.15, -0.1) is 0 Å². The van der Waals surface area contributed by atoms with E-state index < -0.39 is 4.44 Å². The van der Waals surface area contributed by atoms with Gasteiger partial charge < -0.3 is 9.47 Å². The second-order valence-electron chi connectivity index (χ2n) is 4.46. The van der Waals surface area contributed by atoms with Crippen LogP contribution in [0.5, 0.6) is 11.5 Å². The third kappa shape index (κ3) is 3.02. The molecule has 0 spiro atoms. The molecule has 0 aromatic heterocycles. The van der Waals surface area contributed by atoms with Crippen LogP contribution in [0.1, 0.15) is 0 Å². The van der Waals surface area contributed by atoms with E-state index in [2.05, 4.69) is 24.3 Å². The molecule has 0 N–H and O–H groups in total. The predicted octanol–water partition coefficient (Wildman–Crippen LogP) is 4.10. The molecular formula is C14H14O2P2S4. The van der Waals surface area contributed by atoms with Gasteiger partial charge >= 0.3 is 0 Å². The van der Waals surface area contributed by atoms with Gasteiger partial charge in [-0.3, -0.25) is 0 Å². The van der Waals surface area contributed by atoms with Crippen molar-refractivity contribution in [1.29, 1.82) is 0 Å². The lowest BCUT2D eigenvalue weighted by molar-refractivity contribution is 0.415.